The van der Waals surface area contributed by atoms with E-state index in [0.29, 0.717) is 0 Å². The van der Waals surface area contributed by atoms with Crippen LogP contribution in [0.3, 0.4) is 0 Å². The maximum absolute atomic E-state index is 5.43. The van der Waals surface area contributed by atoms with Gasteiger partial charge in [0.15, 0.2) is 11.5 Å². The Kier molecular flexibility index (Phi) is 2.82. The van der Waals surface area contributed by atoms with Gasteiger partial charge in [0.25, 0.3) is 0 Å². The molecule has 0 N–H and O–H groups in total. The van der Waals surface area contributed by atoms with Crippen LogP contribution < -0.4 is 9.47 Å². The highest BCUT2D eigenvalue weighted by molar-refractivity contribution is 5.51. The Labute approximate surface area is 90.6 Å². The van der Waals surface area contributed by atoms with Gasteiger partial charge in [-0.2, -0.15) is 0 Å². The first-order chi connectivity index (χ1) is 7.26. The zero-order valence-corrected chi connectivity index (χ0v) is 9.54. The van der Waals surface area contributed by atoms with Crippen LogP contribution in [0.4, 0.5) is 0 Å². The van der Waals surface area contributed by atoms with Crippen LogP contribution in [0.1, 0.15) is 11.1 Å². The lowest BCUT2D eigenvalue weighted by atomic mass is 9.98. The summed E-state index contributed by atoms with van der Waals surface area (Å²) in [5.41, 5.74) is 2.65. The minimum absolute atomic E-state index is 0.834. The molecule has 0 aromatic heterocycles. The van der Waals surface area contributed by atoms with Crippen LogP contribution in [0.25, 0.3) is 0 Å². The molecule has 0 amide bonds. The van der Waals surface area contributed by atoms with Crippen LogP contribution in [0.15, 0.2) is 12.1 Å². The number of rotatable bonds is 2. The third-order valence-electron chi connectivity index (χ3n) is 2.93. The number of nitrogens with zero attached hydrogens (tertiary/aromatic N) is 1. The fourth-order valence-electron chi connectivity index (χ4n) is 2.13. The van der Waals surface area contributed by atoms with Gasteiger partial charge < -0.3 is 14.4 Å². The quantitative estimate of drug-likeness (QED) is 0.736. The van der Waals surface area contributed by atoms with Crippen LogP contribution >= 0.6 is 0 Å². The van der Waals surface area contributed by atoms with Crippen LogP contribution in [0, 0.1) is 0 Å². The van der Waals surface area contributed by atoms with Crippen molar-refractivity contribution in [2.75, 3.05) is 27.8 Å². The molecule has 15 heavy (non-hydrogen) atoms. The molecule has 1 heterocycles. The van der Waals surface area contributed by atoms with Crippen LogP contribution in [-0.4, -0.2) is 32.7 Å². The van der Waals surface area contributed by atoms with E-state index in [0.717, 1.165) is 31.0 Å². The van der Waals surface area contributed by atoms with Crippen molar-refractivity contribution in [2.45, 2.75) is 13.0 Å². The summed E-state index contributed by atoms with van der Waals surface area (Å²) in [7, 11) is 5.52. The number of hydrogen-bond donors (Lipinski definition) is 0. The Morgan fingerprint density at radius 1 is 1.20 bits per heavy atom. The minimum atomic E-state index is 0.834. The SMILES string of the molecule is COc1ccc2c(c1OC)CCN(C)C2. The number of hydrogen-bond acceptors (Lipinski definition) is 3. The summed E-state index contributed by atoms with van der Waals surface area (Å²) >= 11 is 0. The van der Waals surface area contributed by atoms with Crippen LogP contribution in [0.5, 0.6) is 11.5 Å². The zero-order chi connectivity index (χ0) is 10.8. The summed E-state index contributed by atoms with van der Waals surface area (Å²) in [6.45, 7) is 2.08. The van der Waals surface area contributed by atoms with Crippen molar-refractivity contribution in [2.24, 2.45) is 0 Å². The second-order valence-electron chi connectivity index (χ2n) is 3.93. The molecule has 1 aromatic carbocycles. The summed E-state index contributed by atoms with van der Waals surface area (Å²) in [6.07, 6.45) is 1.03. The normalized spacial score (nSPS) is 15.9. The molecule has 3 nitrogen and oxygen atoms in total. The molecular weight excluding hydrogens is 190 g/mol. The average molecular weight is 207 g/mol. The Morgan fingerprint density at radius 2 is 2.00 bits per heavy atom. The van der Waals surface area contributed by atoms with E-state index in [1.54, 1.807) is 14.2 Å². The fraction of sp³-hybridized carbons (Fsp3) is 0.500. The summed E-state index contributed by atoms with van der Waals surface area (Å²) in [5.74, 6) is 1.74. The first-order valence-electron chi connectivity index (χ1n) is 5.17. The molecule has 1 aliphatic rings. The maximum Gasteiger partial charge on any atom is 0.164 e. The minimum Gasteiger partial charge on any atom is -0.493 e. The van der Waals surface area contributed by atoms with Gasteiger partial charge in [0, 0.05) is 18.7 Å². The van der Waals surface area contributed by atoms with Crippen LogP contribution in [-0.2, 0) is 13.0 Å². The zero-order valence-electron chi connectivity index (χ0n) is 9.54. The van der Waals surface area contributed by atoms with Gasteiger partial charge in [0.2, 0.25) is 0 Å². The first-order valence-corrected chi connectivity index (χ1v) is 5.17. The summed E-state index contributed by atoms with van der Waals surface area (Å²) in [6, 6.07) is 4.11. The molecule has 2 rings (SSSR count). The Hall–Kier alpha value is -1.22. The number of benzene rings is 1. The molecule has 1 aromatic rings. The molecular formula is C12H17NO2. The maximum atomic E-state index is 5.43. The highest BCUT2D eigenvalue weighted by Gasteiger charge is 2.19. The predicted molar refractivity (Wildman–Crippen MR) is 59.6 cm³/mol. The van der Waals surface area contributed by atoms with Crippen molar-refractivity contribution >= 4 is 0 Å². The largest absolute Gasteiger partial charge is 0.493 e. The van der Waals surface area contributed by atoms with Crippen molar-refractivity contribution in [1.82, 2.24) is 4.90 Å². The van der Waals surface area contributed by atoms with Crippen molar-refractivity contribution in [1.29, 1.82) is 0 Å². The van der Waals surface area contributed by atoms with E-state index in [9.17, 15) is 0 Å². The molecule has 3 heteroatoms. The Morgan fingerprint density at radius 3 is 2.67 bits per heavy atom. The van der Waals surface area contributed by atoms with E-state index in [1.165, 1.54) is 11.1 Å². The number of likely N-dealkylation sites (N-methyl/N-ethyl adjacent to an activating group) is 1. The monoisotopic (exact) mass is 207 g/mol. The third kappa shape index (κ3) is 1.79. The van der Waals surface area contributed by atoms with Gasteiger partial charge in [-0.05, 0) is 25.1 Å². The molecule has 0 saturated heterocycles. The Balaban J connectivity index is 2.46. The number of fused-ring (bicyclic) bond motifs is 1. The van der Waals surface area contributed by atoms with E-state index >= 15 is 0 Å². The van der Waals surface area contributed by atoms with Gasteiger partial charge >= 0.3 is 0 Å². The fourth-order valence-corrected chi connectivity index (χ4v) is 2.13. The average Bonchev–Trinajstić information content (AvgIpc) is 2.27. The van der Waals surface area contributed by atoms with E-state index in [1.807, 2.05) is 6.07 Å². The molecule has 0 unspecified atom stereocenters. The lowest BCUT2D eigenvalue weighted by Crippen LogP contribution is -2.26. The van der Waals surface area contributed by atoms with E-state index < -0.39 is 0 Å². The highest BCUT2D eigenvalue weighted by Crippen LogP contribution is 2.35. The second kappa shape index (κ2) is 4.11. The number of ether oxygens (including phenoxy) is 2. The smallest absolute Gasteiger partial charge is 0.164 e. The van der Waals surface area contributed by atoms with Gasteiger partial charge in [-0.15, -0.1) is 0 Å². The molecule has 0 radical (unpaired) electrons. The Bertz CT molecular complexity index is 363. The van der Waals surface area contributed by atoms with E-state index in [4.69, 9.17) is 9.47 Å². The first kappa shape index (κ1) is 10.3. The van der Waals surface area contributed by atoms with Crippen molar-refractivity contribution in [3.63, 3.8) is 0 Å². The molecule has 0 fully saturated rings. The molecule has 0 bridgehead atoms. The molecule has 82 valence electrons. The van der Waals surface area contributed by atoms with Crippen LogP contribution in [0.2, 0.25) is 0 Å². The predicted octanol–water partition coefficient (Wildman–Crippen LogP) is 1.69. The standard InChI is InChI=1S/C12H17NO2/c1-13-7-6-10-9(8-13)4-5-11(14-2)12(10)15-3/h4-5H,6-8H2,1-3H3. The van der Waals surface area contributed by atoms with Gasteiger partial charge in [-0.1, -0.05) is 6.07 Å². The highest BCUT2D eigenvalue weighted by atomic mass is 16.5. The van der Waals surface area contributed by atoms with Gasteiger partial charge in [0.1, 0.15) is 0 Å². The van der Waals surface area contributed by atoms with Gasteiger partial charge in [-0.3, -0.25) is 0 Å². The lowest BCUT2D eigenvalue weighted by molar-refractivity contribution is 0.300. The van der Waals surface area contributed by atoms with E-state index in [-0.39, 0.29) is 0 Å². The molecule has 1 aliphatic heterocycles. The summed E-state index contributed by atoms with van der Waals surface area (Å²) in [5, 5.41) is 0. The summed E-state index contributed by atoms with van der Waals surface area (Å²) in [4.78, 5) is 2.31. The second-order valence-corrected chi connectivity index (χ2v) is 3.93. The molecule has 0 spiro atoms. The van der Waals surface area contributed by atoms with Crippen molar-refractivity contribution in [3.8, 4) is 11.5 Å². The third-order valence-corrected chi connectivity index (χ3v) is 2.93. The lowest BCUT2D eigenvalue weighted by Gasteiger charge is -2.27. The number of methoxy groups -OCH3 is 2. The van der Waals surface area contributed by atoms with Gasteiger partial charge in [-0.25, -0.2) is 0 Å². The van der Waals surface area contributed by atoms with Gasteiger partial charge in [0.05, 0.1) is 14.2 Å². The molecule has 0 aliphatic carbocycles. The molecule has 0 saturated carbocycles. The van der Waals surface area contributed by atoms with E-state index in [2.05, 4.69) is 18.0 Å². The molecule has 0 atom stereocenters. The summed E-state index contributed by atoms with van der Waals surface area (Å²) < 4.78 is 10.7. The van der Waals surface area contributed by atoms with Crippen molar-refractivity contribution < 1.29 is 9.47 Å². The van der Waals surface area contributed by atoms with Crippen molar-refractivity contribution in [3.05, 3.63) is 23.3 Å². The topological polar surface area (TPSA) is 21.7 Å².